The van der Waals surface area contributed by atoms with Crippen LogP contribution in [0.5, 0.6) is 0 Å². The van der Waals surface area contributed by atoms with E-state index in [4.69, 9.17) is 30.8 Å². The Morgan fingerprint density at radius 2 is 2.25 bits per heavy atom. The van der Waals surface area contributed by atoms with Crippen molar-refractivity contribution in [3.63, 3.8) is 0 Å². The minimum absolute atomic E-state index is 0.0174. The number of nitrogen functional groups attached to an aromatic ring is 1. The van der Waals surface area contributed by atoms with Gasteiger partial charge in [-0.25, -0.2) is 9.55 Å². The smallest absolute Gasteiger partial charge is 0.394 e. The number of anilines is 1. The number of amides is 1. The molecule has 0 aliphatic carbocycles. The van der Waals surface area contributed by atoms with Crippen LogP contribution in [0.2, 0.25) is 0 Å². The molecular weight excluding hydrogens is 349 g/mol. The van der Waals surface area contributed by atoms with E-state index in [1.54, 1.807) is 0 Å². The highest BCUT2D eigenvalue weighted by atomic mass is 31.2. The zero-order chi connectivity index (χ0) is 18.1. The number of aromatic amines is 1. The van der Waals surface area contributed by atoms with Gasteiger partial charge in [0.05, 0.1) is 6.61 Å². The molecule has 1 fully saturated rings. The Bertz CT molecular complexity index is 674. The average Bonchev–Trinajstić information content (AvgIpc) is 3.00. The van der Waals surface area contributed by atoms with E-state index in [-0.39, 0.29) is 17.3 Å². The fourth-order valence-electron chi connectivity index (χ4n) is 2.10. The summed E-state index contributed by atoms with van der Waals surface area (Å²) in [5.74, 6) is -1.20. The van der Waals surface area contributed by atoms with E-state index in [0.29, 0.717) is 0 Å². The summed E-state index contributed by atoms with van der Waals surface area (Å²) in [6.45, 7) is -0.666. The van der Waals surface area contributed by atoms with Crippen molar-refractivity contribution in [2.24, 2.45) is 0 Å². The lowest BCUT2D eigenvalue weighted by atomic mass is 10.1. The molecule has 0 spiro atoms. The summed E-state index contributed by atoms with van der Waals surface area (Å²) in [6.07, 6.45) is -5.08. The second-order valence-electron chi connectivity index (χ2n) is 4.83. The molecule has 134 valence electrons. The van der Waals surface area contributed by atoms with E-state index < -0.39 is 44.9 Å². The van der Waals surface area contributed by atoms with Gasteiger partial charge in [0.1, 0.15) is 29.8 Å². The Balaban J connectivity index is 2.16. The number of nitrogens with one attached hydrogen (secondary N) is 3. The van der Waals surface area contributed by atoms with Crippen molar-refractivity contribution in [1.29, 1.82) is 5.41 Å². The molecule has 13 nitrogen and oxygen atoms in total. The number of aliphatic hydroxyl groups excluding tert-OH is 2. The number of ether oxygens (including phenoxy) is 1. The molecule has 0 saturated carbocycles. The van der Waals surface area contributed by atoms with Crippen LogP contribution in [-0.2, 0) is 13.8 Å². The number of carbonyl (C=O) groups excluding carboxylic acids is 1. The first-order chi connectivity index (χ1) is 11.2. The molecule has 1 aliphatic rings. The molecule has 1 saturated heterocycles. The van der Waals surface area contributed by atoms with Crippen LogP contribution < -0.4 is 11.1 Å². The summed E-state index contributed by atoms with van der Waals surface area (Å²) in [4.78, 5) is 36.0. The van der Waals surface area contributed by atoms with E-state index in [1.165, 1.54) is 0 Å². The molecule has 1 aromatic heterocycles. The van der Waals surface area contributed by atoms with E-state index >= 15 is 0 Å². The lowest BCUT2D eigenvalue weighted by molar-refractivity contribution is -0.0304. The monoisotopic (exact) mass is 365 g/mol. The molecule has 14 heteroatoms. The minimum atomic E-state index is -5.00. The largest absolute Gasteiger partial charge is 0.470 e. The van der Waals surface area contributed by atoms with Crippen LogP contribution in [0.15, 0.2) is 0 Å². The fraction of sp³-hybridized carbons (Fsp3) is 0.500. The summed E-state index contributed by atoms with van der Waals surface area (Å²) >= 11 is 0. The summed E-state index contributed by atoms with van der Waals surface area (Å²) in [7, 11) is -5.00. The van der Waals surface area contributed by atoms with Gasteiger partial charge < -0.3 is 46.2 Å². The fourth-order valence-corrected chi connectivity index (χ4v) is 2.65. The summed E-state index contributed by atoms with van der Waals surface area (Å²) in [5.41, 5.74) is 5.51. The number of phosphoric ester groups is 1. The predicted octanol–water partition coefficient (Wildman–Crippen LogP) is -2.72. The van der Waals surface area contributed by atoms with Gasteiger partial charge in [0, 0.05) is 6.21 Å². The zero-order valence-electron chi connectivity index (χ0n) is 12.0. The lowest BCUT2D eigenvalue weighted by Gasteiger charge is -2.21. The van der Waals surface area contributed by atoms with Gasteiger partial charge in [-0.3, -0.25) is 9.32 Å². The molecule has 1 aromatic rings. The molecule has 9 N–H and O–H groups in total. The molecule has 2 heterocycles. The molecular formula is C10H16N5O8P. The Morgan fingerprint density at radius 1 is 1.58 bits per heavy atom. The van der Waals surface area contributed by atoms with Gasteiger partial charge >= 0.3 is 7.82 Å². The number of rotatable bonds is 6. The van der Waals surface area contributed by atoms with Crippen molar-refractivity contribution in [3.05, 3.63) is 11.5 Å². The molecule has 1 aliphatic heterocycles. The number of hydrogen-bond acceptors (Lipinski definition) is 9. The highest BCUT2D eigenvalue weighted by Gasteiger charge is 2.48. The van der Waals surface area contributed by atoms with E-state index in [1.807, 2.05) is 0 Å². The van der Waals surface area contributed by atoms with Crippen molar-refractivity contribution < 1.29 is 38.6 Å². The molecule has 4 atom stereocenters. The van der Waals surface area contributed by atoms with Crippen LogP contribution in [0.3, 0.4) is 0 Å². The summed E-state index contributed by atoms with van der Waals surface area (Å²) < 4.78 is 20.5. The quantitative estimate of drug-likeness (QED) is 0.192. The number of phosphoric acid groups is 1. The number of nitrogens with zero attached hydrogens (tertiary/aromatic N) is 1. The second-order valence-corrected chi connectivity index (χ2v) is 6.02. The highest BCUT2D eigenvalue weighted by molar-refractivity contribution is 7.46. The van der Waals surface area contributed by atoms with Crippen LogP contribution in [0.1, 0.15) is 16.3 Å². The molecule has 24 heavy (non-hydrogen) atoms. The number of carbonyl (C=O) groups is 1. The Labute approximate surface area is 134 Å². The van der Waals surface area contributed by atoms with Crippen LogP contribution in [-0.4, -0.2) is 73.2 Å². The number of nitrogens with two attached hydrogens (primary N) is 1. The summed E-state index contributed by atoms with van der Waals surface area (Å²) in [6, 6.07) is 0. The van der Waals surface area contributed by atoms with Gasteiger partial charge in [0.25, 0.3) is 5.91 Å². The van der Waals surface area contributed by atoms with Crippen molar-refractivity contribution in [2.45, 2.75) is 24.5 Å². The highest BCUT2D eigenvalue weighted by Crippen LogP contribution is 2.41. The first-order valence-corrected chi connectivity index (χ1v) is 8.04. The molecule has 2 rings (SSSR count). The van der Waals surface area contributed by atoms with E-state index in [0.717, 1.165) is 6.21 Å². The molecule has 0 aromatic carbocycles. The molecule has 0 bridgehead atoms. The van der Waals surface area contributed by atoms with E-state index in [2.05, 4.69) is 19.8 Å². The Hall–Kier alpha value is -1.86. The number of aliphatic hydroxyl groups is 2. The number of imidazole rings is 1. The van der Waals surface area contributed by atoms with Crippen molar-refractivity contribution in [1.82, 2.24) is 15.3 Å². The van der Waals surface area contributed by atoms with Gasteiger partial charge in [-0.2, -0.15) is 0 Å². The van der Waals surface area contributed by atoms with Crippen LogP contribution in [0.25, 0.3) is 0 Å². The van der Waals surface area contributed by atoms with Gasteiger partial charge in [0.15, 0.2) is 12.1 Å². The van der Waals surface area contributed by atoms with Gasteiger partial charge in [-0.1, -0.05) is 0 Å². The first kappa shape index (κ1) is 18.5. The Morgan fingerprint density at radius 3 is 2.75 bits per heavy atom. The normalized spacial score (nSPS) is 27.2. The predicted molar refractivity (Wildman–Crippen MR) is 77.0 cm³/mol. The first-order valence-electron chi connectivity index (χ1n) is 6.51. The third-order valence-corrected chi connectivity index (χ3v) is 3.68. The van der Waals surface area contributed by atoms with E-state index in [9.17, 15) is 14.5 Å². The maximum atomic E-state index is 12.1. The number of aromatic nitrogens is 2. The molecule has 1 unspecified atom stereocenters. The standard InChI is InChI=1S/C10H16N5O8P/c11-1-3-7(12)14-8(13-3)9(18)15-10-6(23-24(19,20)21)5(17)4(2-16)22-10/h1,4-6,10-11,16-17H,2,12H2,(H,13,14)(H,15,18)(H2,19,20,21)/t4-,5-,6-,10?/m1/s1. The number of H-pyrrole nitrogens is 1. The third-order valence-electron chi connectivity index (χ3n) is 3.16. The van der Waals surface area contributed by atoms with Crippen molar-refractivity contribution >= 4 is 25.8 Å². The van der Waals surface area contributed by atoms with Crippen molar-refractivity contribution in [3.8, 4) is 0 Å². The summed E-state index contributed by atoms with van der Waals surface area (Å²) in [5, 5.41) is 28.2. The van der Waals surface area contributed by atoms with Crippen molar-refractivity contribution in [2.75, 3.05) is 12.3 Å². The average molecular weight is 365 g/mol. The molecule has 1 amide bonds. The third kappa shape index (κ3) is 3.96. The maximum Gasteiger partial charge on any atom is 0.470 e. The van der Waals surface area contributed by atoms with Gasteiger partial charge in [-0.05, 0) is 0 Å². The van der Waals surface area contributed by atoms with Crippen LogP contribution >= 0.6 is 7.82 Å². The molecule has 0 radical (unpaired) electrons. The lowest BCUT2D eigenvalue weighted by Crippen LogP contribution is -2.45. The van der Waals surface area contributed by atoms with Crippen LogP contribution in [0.4, 0.5) is 5.82 Å². The minimum Gasteiger partial charge on any atom is -0.394 e. The van der Waals surface area contributed by atoms with Gasteiger partial charge in [-0.15, -0.1) is 0 Å². The maximum absolute atomic E-state index is 12.1. The zero-order valence-corrected chi connectivity index (χ0v) is 12.9. The second kappa shape index (κ2) is 6.94. The SMILES string of the molecule is N=Cc1nc(C(=O)NC2O[C@H](CO)[C@@H](O)[C@H]2OP(=O)(O)O)[nH]c1N. The van der Waals surface area contributed by atoms with Crippen LogP contribution in [0, 0.1) is 5.41 Å². The Kier molecular flexibility index (Phi) is 5.35. The van der Waals surface area contributed by atoms with Gasteiger partial charge in [0.2, 0.25) is 0 Å². The topological polar surface area (TPSA) is 224 Å². The number of hydrogen-bond donors (Lipinski definition) is 8.